The lowest BCUT2D eigenvalue weighted by Gasteiger charge is -2.26. The lowest BCUT2D eigenvalue weighted by atomic mass is 9.96. The molecule has 9 heteroatoms. The summed E-state index contributed by atoms with van der Waals surface area (Å²) in [6.45, 7) is 4.96. The van der Waals surface area contributed by atoms with Gasteiger partial charge in [-0.3, -0.25) is 4.90 Å². The molecule has 0 aliphatic heterocycles. The van der Waals surface area contributed by atoms with E-state index in [0.717, 1.165) is 70.5 Å². The second kappa shape index (κ2) is 12.1. The van der Waals surface area contributed by atoms with Gasteiger partial charge >= 0.3 is 6.03 Å². The molecule has 3 aromatic carbocycles. The van der Waals surface area contributed by atoms with Gasteiger partial charge in [0.25, 0.3) is 0 Å². The third-order valence-electron chi connectivity index (χ3n) is 8.33. The topological polar surface area (TPSA) is 105 Å². The van der Waals surface area contributed by atoms with E-state index in [4.69, 9.17) is 4.98 Å². The monoisotopic (exact) mass is 562 g/mol. The van der Waals surface area contributed by atoms with Crippen molar-refractivity contribution in [2.75, 3.05) is 11.9 Å². The summed E-state index contributed by atoms with van der Waals surface area (Å²) in [5, 5.41) is 17.9. The predicted molar refractivity (Wildman–Crippen MR) is 166 cm³/mol. The van der Waals surface area contributed by atoms with Crippen LogP contribution in [0.1, 0.15) is 62.4 Å². The van der Waals surface area contributed by atoms with Gasteiger partial charge in [-0.2, -0.15) is 5.21 Å². The minimum atomic E-state index is -0.0443. The van der Waals surface area contributed by atoms with Crippen LogP contribution in [-0.2, 0) is 13.0 Å². The number of carbonyl (C=O) groups excluding carboxylic acids is 1. The zero-order valence-electron chi connectivity index (χ0n) is 24.6. The van der Waals surface area contributed by atoms with Crippen LogP contribution in [0.3, 0.4) is 0 Å². The third-order valence-corrected chi connectivity index (χ3v) is 8.33. The summed E-state index contributed by atoms with van der Waals surface area (Å²) >= 11 is 0. The number of rotatable bonds is 8. The average Bonchev–Trinajstić information content (AvgIpc) is 3.67. The van der Waals surface area contributed by atoms with E-state index in [9.17, 15) is 4.79 Å². The Labute approximate surface area is 246 Å². The van der Waals surface area contributed by atoms with Crippen molar-refractivity contribution in [3.63, 3.8) is 0 Å². The molecule has 0 radical (unpaired) electrons. The zero-order valence-corrected chi connectivity index (χ0v) is 24.6. The number of tetrazole rings is 1. The van der Waals surface area contributed by atoms with Gasteiger partial charge in [0.15, 0.2) is 0 Å². The van der Waals surface area contributed by atoms with Gasteiger partial charge in [-0.05, 0) is 65.8 Å². The highest BCUT2D eigenvalue weighted by molar-refractivity contribution is 5.95. The van der Waals surface area contributed by atoms with Crippen molar-refractivity contribution >= 4 is 22.8 Å². The summed E-state index contributed by atoms with van der Waals surface area (Å²) in [4.78, 5) is 20.0. The number of hydrogen-bond donors (Lipinski definition) is 2. The van der Waals surface area contributed by atoms with Crippen LogP contribution < -0.4 is 10.2 Å². The van der Waals surface area contributed by atoms with Gasteiger partial charge in [-0.15, -0.1) is 10.2 Å². The molecule has 5 aromatic rings. The molecule has 2 heterocycles. The fraction of sp³-hybridized carbons (Fsp3) is 0.364. The molecular weight excluding hydrogens is 524 g/mol. The second-order valence-corrected chi connectivity index (χ2v) is 11.3. The van der Waals surface area contributed by atoms with Crippen LogP contribution in [0, 0.1) is 6.92 Å². The van der Waals surface area contributed by atoms with Gasteiger partial charge in [0, 0.05) is 37.3 Å². The van der Waals surface area contributed by atoms with E-state index >= 15 is 0 Å². The molecule has 6 rings (SSSR count). The zero-order chi connectivity index (χ0) is 29.1. The van der Waals surface area contributed by atoms with Crippen LogP contribution in [0.25, 0.3) is 33.5 Å². The molecule has 2 aromatic heterocycles. The van der Waals surface area contributed by atoms with Gasteiger partial charge in [0.2, 0.25) is 5.82 Å². The maximum atomic E-state index is 13.2. The fourth-order valence-corrected chi connectivity index (χ4v) is 6.02. The molecule has 0 bridgehead atoms. The van der Waals surface area contributed by atoms with Gasteiger partial charge < -0.3 is 9.88 Å². The van der Waals surface area contributed by atoms with Crippen molar-refractivity contribution in [3.8, 4) is 22.5 Å². The summed E-state index contributed by atoms with van der Waals surface area (Å²) < 4.78 is 2.31. The number of urea groups is 1. The first-order valence-electron chi connectivity index (χ1n) is 15.0. The number of fused-ring (bicyclic) bond motifs is 1. The minimum absolute atomic E-state index is 0.0443. The smallest absolute Gasteiger partial charge is 0.321 e. The number of nitrogens with one attached hydrogen (secondary N) is 2. The van der Waals surface area contributed by atoms with Crippen LogP contribution in [0.15, 0.2) is 60.7 Å². The van der Waals surface area contributed by atoms with Crippen molar-refractivity contribution < 1.29 is 4.79 Å². The van der Waals surface area contributed by atoms with E-state index in [0.29, 0.717) is 12.4 Å². The standard InChI is InChI=1S/C33H38N8O/c1-4-10-30-35-31-22(2)19-26(40(3)33(42)34-25-11-6-5-7-12-25)20-29(31)41(30)21-23-15-17-24(18-16-23)27-13-8-9-14-28(27)32-36-38-39-37-32/h8-9,13-20,25H,4-7,10-12,21H2,1-3H3,(H,34,42)(H,36,37,38,39). The molecule has 1 aliphatic rings. The summed E-state index contributed by atoms with van der Waals surface area (Å²) in [5.41, 5.74) is 8.26. The highest BCUT2D eigenvalue weighted by Crippen LogP contribution is 2.31. The van der Waals surface area contributed by atoms with Gasteiger partial charge in [-0.1, -0.05) is 74.7 Å². The molecule has 0 atom stereocenters. The molecular formula is C33H38N8O. The van der Waals surface area contributed by atoms with Crippen LogP contribution in [0.5, 0.6) is 0 Å². The number of benzene rings is 3. The van der Waals surface area contributed by atoms with Crippen molar-refractivity contribution in [2.45, 2.75) is 71.4 Å². The highest BCUT2D eigenvalue weighted by atomic mass is 16.2. The maximum Gasteiger partial charge on any atom is 0.321 e. The first-order chi connectivity index (χ1) is 20.5. The number of anilines is 1. The lowest BCUT2D eigenvalue weighted by Crippen LogP contribution is -2.44. The average molecular weight is 563 g/mol. The molecule has 1 aliphatic carbocycles. The van der Waals surface area contributed by atoms with Crippen molar-refractivity contribution in [3.05, 3.63) is 77.6 Å². The van der Waals surface area contributed by atoms with Crippen LogP contribution in [0.2, 0.25) is 0 Å². The lowest BCUT2D eigenvalue weighted by molar-refractivity contribution is 0.239. The Hall–Kier alpha value is -4.53. The Morgan fingerprint density at radius 1 is 1.05 bits per heavy atom. The SMILES string of the molecule is CCCc1nc2c(C)cc(N(C)C(=O)NC3CCCCC3)cc2n1Cc1ccc(-c2ccccc2-c2nn[nH]n2)cc1. The van der Waals surface area contributed by atoms with E-state index in [1.807, 2.05) is 25.2 Å². The molecule has 0 spiro atoms. The largest absolute Gasteiger partial charge is 0.335 e. The van der Waals surface area contributed by atoms with Gasteiger partial charge in [-0.25, -0.2) is 9.78 Å². The molecule has 216 valence electrons. The van der Waals surface area contributed by atoms with E-state index < -0.39 is 0 Å². The van der Waals surface area contributed by atoms with Crippen molar-refractivity contribution in [2.24, 2.45) is 0 Å². The number of aromatic amines is 1. The number of amides is 2. The maximum absolute atomic E-state index is 13.2. The molecule has 1 saturated carbocycles. The van der Waals surface area contributed by atoms with Crippen LogP contribution in [0.4, 0.5) is 10.5 Å². The Kier molecular flexibility index (Phi) is 7.99. The van der Waals surface area contributed by atoms with Gasteiger partial charge in [0.05, 0.1) is 11.0 Å². The van der Waals surface area contributed by atoms with Crippen molar-refractivity contribution in [1.82, 2.24) is 35.5 Å². The number of aryl methyl sites for hydroxylation is 2. The second-order valence-electron chi connectivity index (χ2n) is 11.3. The summed E-state index contributed by atoms with van der Waals surface area (Å²) in [5.74, 6) is 1.64. The van der Waals surface area contributed by atoms with Crippen LogP contribution >= 0.6 is 0 Å². The number of aromatic nitrogens is 6. The third kappa shape index (κ3) is 5.64. The molecule has 0 saturated heterocycles. The van der Waals surface area contributed by atoms with E-state index in [-0.39, 0.29) is 12.1 Å². The Morgan fingerprint density at radius 3 is 2.52 bits per heavy atom. The quantitative estimate of drug-likeness (QED) is 0.220. The molecule has 42 heavy (non-hydrogen) atoms. The summed E-state index contributed by atoms with van der Waals surface area (Å²) in [6, 6.07) is 21.1. The fourth-order valence-electron chi connectivity index (χ4n) is 6.02. The first kappa shape index (κ1) is 27.6. The molecule has 9 nitrogen and oxygen atoms in total. The number of nitrogens with zero attached hydrogens (tertiary/aromatic N) is 6. The van der Waals surface area contributed by atoms with E-state index in [1.165, 1.54) is 24.8 Å². The molecule has 2 N–H and O–H groups in total. The minimum Gasteiger partial charge on any atom is -0.335 e. The number of H-pyrrole nitrogens is 1. The Morgan fingerprint density at radius 2 is 1.81 bits per heavy atom. The summed E-state index contributed by atoms with van der Waals surface area (Å²) in [7, 11) is 1.86. The number of carbonyl (C=O) groups is 1. The van der Waals surface area contributed by atoms with E-state index in [1.54, 1.807) is 4.90 Å². The Balaban J connectivity index is 1.29. The van der Waals surface area contributed by atoms with Crippen LogP contribution in [-0.4, -0.2) is 49.3 Å². The Bertz CT molecular complexity index is 1670. The summed E-state index contributed by atoms with van der Waals surface area (Å²) in [6.07, 6.45) is 7.65. The highest BCUT2D eigenvalue weighted by Gasteiger charge is 2.21. The predicted octanol–water partition coefficient (Wildman–Crippen LogP) is 6.67. The van der Waals surface area contributed by atoms with Gasteiger partial charge in [0.1, 0.15) is 5.82 Å². The van der Waals surface area contributed by atoms with E-state index in [2.05, 4.69) is 86.8 Å². The normalized spacial score (nSPS) is 13.9. The first-order valence-corrected chi connectivity index (χ1v) is 15.0. The molecule has 1 fully saturated rings. The van der Waals surface area contributed by atoms with Crippen molar-refractivity contribution in [1.29, 1.82) is 0 Å². The number of hydrogen-bond acceptors (Lipinski definition) is 5. The molecule has 2 amide bonds. The number of imidazole rings is 1. The molecule has 0 unspecified atom stereocenters.